The SMILES string of the molecule is Fc1ccccc1Cc1nnc(CCc2ccccc2)[se]1. The molecule has 0 aliphatic rings. The zero-order valence-corrected chi connectivity index (χ0v) is 13.2. The van der Waals surface area contributed by atoms with Crippen LogP contribution in [0.15, 0.2) is 54.6 Å². The molecule has 0 N–H and O–H groups in total. The maximum absolute atomic E-state index is 13.6. The van der Waals surface area contributed by atoms with Gasteiger partial charge >= 0.3 is 129 Å². The molecule has 0 spiro atoms. The summed E-state index contributed by atoms with van der Waals surface area (Å²) in [5.41, 5.74) is 2.02. The average molecular weight is 345 g/mol. The molecule has 0 aliphatic heterocycles. The molecule has 106 valence electrons. The Morgan fingerprint density at radius 2 is 1.52 bits per heavy atom. The van der Waals surface area contributed by atoms with E-state index in [1.165, 1.54) is 11.6 Å². The Kier molecular flexibility index (Phi) is 4.58. The van der Waals surface area contributed by atoms with Crippen molar-refractivity contribution in [3.63, 3.8) is 0 Å². The third kappa shape index (κ3) is 3.87. The van der Waals surface area contributed by atoms with Crippen LogP contribution >= 0.6 is 0 Å². The van der Waals surface area contributed by atoms with Crippen LogP contribution in [0.1, 0.15) is 20.3 Å². The van der Waals surface area contributed by atoms with Crippen LogP contribution in [0.3, 0.4) is 0 Å². The van der Waals surface area contributed by atoms with Crippen molar-refractivity contribution >= 4 is 14.5 Å². The zero-order valence-electron chi connectivity index (χ0n) is 11.5. The first kappa shape index (κ1) is 14.2. The number of hydrogen-bond acceptors (Lipinski definition) is 2. The Morgan fingerprint density at radius 1 is 0.810 bits per heavy atom. The van der Waals surface area contributed by atoms with Gasteiger partial charge in [-0.3, -0.25) is 0 Å². The molecule has 21 heavy (non-hydrogen) atoms. The summed E-state index contributed by atoms with van der Waals surface area (Å²) in [7, 11) is 0. The van der Waals surface area contributed by atoms with Crippen LogP contribution in [0.4, 0.5) is 4.39 Å². The van der Waals surface area contributed by atoms with Crippen LogP contribution < -0.4 is 0 Å². The predicted octanol–water partition coefficient (Wildman–Crippen LogP) is 3.05. The molecule has 0 unspecified atom stereocenters. The molecule has 1 aromatic heterocycles. The summed E-state index contributed by atoms with van der Waals surface area (Å²) >= 11 is 0.164. The summed E-state index contributed by atoms with van der Waals surface area (Å²) < 4.78 is 15.8. The Labute approximate surface area is 129 Å². The normalized spacial score (nSPS) is 10.7. The fourth-order valence-corrected chi connectivity index (χ4v) is 3.98. The molecule has 0 amide bonds. The number of nitrogens with zero attached hydrogens (tertiary/aromatic N) is 2. The Bertz CT molecular complexity index is 710. The van der Waals surface area contributed by atoms with Crippen molar-refractivity contribution in [2.24, 2.45) is 0 Å². The molecule has 0 bridgehead atoms. The van der Waals surface area contributed by atoms with E-state index in [1.54, 1.807) is 6.07 Å². The van der Waals surface area contributed by atoms with Crippen molar-refractivity contribution in [2.75, 3.05) is 0 Å². The van der Waals surface area contributed by atoms with Gasteiger partial charge in [0.15, 0.2) is 0 Å². The van der Waals surface area contributed by atoms with E-state index >= 15 is 0 Å². The second kappa shape index (κ2) is 6.79. The van der Waals surface area contributed by atoms with Gasteiger partial charge in [-0.05, 0) is 0 Å². The monoisotopic (exact) mass is 346 g/mol. The molecular weight excluding hydrogens is 330 g/mol. The first-order valence-corrected chi connectivity index (χ1v) is 8.61. The van der Waals surface area contributed by atoms with E-state index < -0.39 is 0 Å². The summed E-state index contributed by atoms with van der Waals surface area (Å²) in [6, 6.07) is 17.3. The summed E-state index contributed by atoms with van der Waals surface area (Å²) in [6.07, 6.45) is 2.50. The van der Waals surface area contributed by atoms with Crippen LogP contribution in [-0.2, 0) is 19.3 Å². The number of aryl methyl sites for hydroxylation is 2. The molecule has 0 fully saturated rings. The molecule has 0 radical (unpaired) electrons. The molecule has 1 heterocycles. The molecule has 0 atom stereocenters. The van der Waals surface area contributed by atoms with E-state index in [0.717, 1.165) is 22.0 Å². The van der Waals surface area contributed by atoms with E-state index in [1.807, 2.05) is 18.2 Å². The third-order valence-electron chi connectivity index (χ3n) is 3.28. The van der Waals surface area contributed by atoms with Gasteiger partial charge in [0.25, 0.3) is 0 Å². The van der Waals surface area contributed by atoms with E-state index in [4.69, 9.17) is 0 Å². The summed E-state index contributed by atoms with van der Waals surface area (Å²) in [5, 5.41) is 8.50. The Hall–Kier alpha value is -1.77. The van der Waals surface area contributed by atoms with Gasteiger partial charge in [-0.2, -0.15) is 0 Å². The summed E-state index contributed by atoms with van der Waals surface area (Å²) in [4.78, 5) is 0. The first-order valence-electron chi connectivity index (χ1n) is 6.90. The van der Waals surface area contributed by atoms with E-state index in [0.29, 0.717) is 12.0 Å². The fraction of sp³-hybridized carbons (Fsp3) is 0.176. The maximum atomic E-state index is 13.6. The van der Waals surface area contributed by atoms with Gasteiger partial charge in [-0.15, -0.1) is 0 Å². The molecule has 0 saturated heterocycles. The first-order chi connectivity index (χ1) is 10.3. The average Bonchev–Trinajstić information content (AvgIpc) is 2.96. The van der Waals surface area contributed by atoms with Gasteiger partial charge in [-0.1, -0.05) is 0 Å². The standard InChI is InChI=1S/C17H15FN2Se/c18-15-9-5-4-8-14(15)12-17-20-19-16(21-17)11-10-13-6-2-1-3-7-13/h1-9H,10-12H2. The molecule has 2 nitrogen and oxygen atoms in total. The number of aromatic nitrogens is 2. The predicted molar refractivity (Wildman–Crippen MR) is 82.0 cm³/mol. The Balaban J connectivity index is 1.63. The number of halogens is 1. The summed E-state index contributed by atoms with van der Waals surface area (Å²) in [6.45, 7) is 0. The van der Waals surface area contributed by atoms with Gasteiger partial charge < -0.3 is 0 Å². The van der Waals surface area contributed by atoms with Gasteiger partial charge in [-0.25, -0.2) is 0 Å². The van der Waals surface area contributed by atoms with Crippen molar-refractivity contribution in [3.8, 4) is 0 Å². The molecule has 2 aromatic carbocycles. The van der Waals surface area contributed by atoms with E-state index in [2.05, 4.69) is 34.5 Å². The topological polar surface area (TPSA) is 25.8 Å². The third-order valence-corrected chi connectivity index (χ3v) is 5.34. The number of rotatable bonds is 5. The molecule has 4 heteroatoms. The van der Waals surface area contributed by atoms with Gasteiger partial charge in [0.2, 0.25) is 0 Å². The second-order valence-corrected chi connectivity index (χ2v) is 7.25. The van der Waals surface area contributed by atoms with E-state index in [-0.39, 0.29) is 20.3 Å². The quantitative estimate of drug-likeness (QED) is 0.665. The Morgan fingerprint density at radius 3 is 2.33 bits per heavy atom. The van der Waals surface area contributed by atoms with Crippen LogP contribution in [0.5, 0.6) is 0 Å². The molecule has 3 rings (SSSR count). The number of benzene rings is 2. The van der Waals surface area contributed by atoms with Crippen molar-refractivity contribution < 1.29 is 4.39 Å². The number of hydrogen-bond donors (Lipinski definition) is 0. The van der Waals surface area contributed by atoms with Crippen molar-refractivity contribution in [1.82, 2.24) is 10.2 Å². The van der Waals surface area contributed by atoms with Crippen molar-refractivity contribution in [3.05, 3.63) is 80.7 Å². The van der Waals surface area contributed by atoms with E-state index in [9.17, 15) is 4.39 Å². The fourth-order valence-electron chi connectivity index (χ4n) is 2.16. The van der Waals surface area contributed by atoms with Gasteiger partial charge in [0, 0.05) is 0 Å². The van der Waals surface area contributed by atoms with Crippen LogP contribution in [-0.4, -0.2) is 24.7 Å². The van der Waals surface area contributed by atoms with Crippen molar-refractivity contribution in [2.45, 2.75) is 19.3 Å². The zero-order chi connectivity index (χ0) is 14.5. The molecule has 0 saturated carbocycles. The minimum absolute atomic E-state index is 0.159. The van der Waals surface area contributed by atoms with Crippen LogP contribution in [0, 0.1) is 5.82 Å². The van der Waals surface area contributed by atoms with Gasteiger partial charge in [0.05, 0.1) is 0 Å². The van der Waals surface area contributed by atoms with Crippen LogP contribution in [0.25, 0.3) is 0 Å². The summed E-state index contributed by atoms with van der Waals surface area (Å²) in [5.74, 6) is -0.159. The van der Waals surface area contributed by atoms with Gasteiger partial charge in [0.1, 0.15) is 0 Å². The molecule has 0 aliphatic carbocycles. The molecular formula is C17H15FN2Se. The second-order valence-electron chi connectivity index (χ2n) is 4.84. The molecule has 3 aromatic rings. The van der Waals surface area contributed by atoms with Crippen molar-refractivity contribution in [1.29, 1.82) is 0 Å². The minimum atomic E-state index is -0.159. The van der Waals surface area contributed by atoms with Crippen LogP contribution in [0.2, 0.25) is 0 Å².